The first-order chi connectivity index (χ1) is 7.72. The van der Waals surface area contributed by atoms with Crippen LogP contribution in [0.5, 0.6) is 5.75 Å². The molecule has 17 heavy (non-hydrogen) atoms. The third kappa shape index (κ3) is 2.43. The zero-order chi connectivity index (χ0) is 11.1. The summed E-state index contributed by atoms with van der Waals surface area (Å²) in [7, 11) is 0. The van der Waals surface area contributed by atoms with Gasteiger partial charge in [-0.1, -0.05) is 6.07 Å². The van der Waals surface area contributed by atoms with E-state index < -0.39 is 0 Å². The van der Waals surface area contributed by atoms with Gasteiger partial charge in [0, 0.05) is 6.07 Å². The maximum Gasteiger partial charge on any atom is 1.00 e. The van der Waals surface area contributed by atoms with Crippen LogP contribution in [0.2, 0.25) is 0 Å². The van der Waals surface area contributed by atoms with E-state index in [1.807, 2.05) is 0 Å². The zero-order valence-electron chi connectivity index (χ0n) is 9.14. The van der Waals surface area contributed by atoms with E-state index >= 15 is 0 Å². The molecular formula is C12H6KNO3. The molecule has 78 valence electrons. The molecule has 1 aromatic carbocycles. The van der Waals surface area contributed by atoms with Crippen LogP contribution in [0, 0.1) is 0 Å². The summed E-state index contributed by atoms with van der Waals surface area (Å²) in [5.41, 5.74) is 1.46. The summed E-state index contributed by atoms with van der Waals surface area (Å²) in [6.45, 7) is 0. The standard InChI is InChI=1S/C12H7NO3.K/c14-7-1-3-9-11(5-7)16-12-6-8(15)2-4-10(12)13-9;/h1-6,14H;/q;+1/p-1. The van der Waals surface area contributed by atoms with Crippen LogP contribution in [-0.4, -0.2) is 4.98 Å². The maximum absolute atomic E-state index is 11.1. The molecule has 5 heteroatoms. The molecule has 0 spiro atoms. The summed E-state index contributed by atoms with van der Waals surface area (Å²) in [6.07, 6.45) is 0. The molecule has 0 atom stereocenters. The molecule has 0 saturated heterocycles. The second kappa shape index (κ2) is 4.87. The fourth-order valence-electron chi connectivity index (χ4n) is 1.59. The van der Waals surface area contributed by atoms with Crippen molar-refractivity contribution in [2.75, 3.05) is 0 Å². The third-order valence-corrected chi connectivity index (χ3v) is 2.32. The van der Waals surface area contributed by atoms with Crippen LogP contribution in [-0.2, 0) is 0 Å². The molecule has 1 aromatic rings. The van der Waals surface area contributed by atoms with Crippen LogP contribution in [0.3, 0.4) is 0 Å². The molecule has 0 bridgehead atoms. The summed E-state index contributed by atoms with van der Waals surface area (Å²) in [5.74, 6) is 0.251. The van der Waals surface area contributed by atoms with Gasteiger partial charge >= 0.3 is 51.4 Å². The van der Waals surface area contributed by atoms with E-state index in [-0.39, 0.29) is 62.6 Å². The van der Waals surface area contributed by atoms with Crippen LogP contribution in [0.15, 0.2) is 45.6 Å². The fourth-order valence-corrected chi connectivity index (χ4v) is 1.59. The number of benzene rings is 2. The molecule has 4 nitrogen and oxygen atoms in total. The first-order valence-corrected chi connectivity index (χ1v) is 4.74. The Kier molecular flexibility index (Phi) is 3.65. The fraction of sp³-hybridized carbons (Fsp3) is 0. The molecule has 0 N–H and O–H groups in total. The van der Waals surface area contributed by atoms with E-state index in [9.17, 15) is 9.90 Å². The summed E-state index contributed by atoms with van der Waals surface area (Å²) >= 11 is 0. The van der Waals surface area contributed by atoms with Gasteiger partial charge in [0.25, 0.3) is 0 Å². The van der Waals surface area contributed by atoms with E-state index in [4.69, 9.17) is 4.42 Å². The molecule has 1 aliphatic carbocycles. The van der Waals surface area contributed by atoms with Crippen molar-refractivity contribution in [1.82, 2.24) is 4.98 Å². The van der Waals surface area contributed by atoms with Crippen molar-refractivity contribution < 1.29 is 60.9 Å². The molecule has 3 rings (SSSR count). The van der Waals surface area contributed by atoms with Crippen molar-refractivity contribution in [3.63, 3.8) is 0 Å². The molecule has 1 heterocycles. The van der Waals surface area contributed by atoms with Crippen LogP contribution >= 0.6 is 0 Å². The molecule has 0 amide bonds. The van der Waals surface area contributed by atoms with Gasteiger partial charge in [-0.3, -0.25) is 4.79 Å². The summed E-state index contributed by atoms with van der Waals surface area (Å²) in [5, 5.41) is 11.1. The van der Waals surface area contributed by atoms with Gasteiger partial charge in [0.15, 0.2) is 16.8 Å². The second-order valence-corrected chi connectivity index (χ2v) is 3.47. The van der Waals surface area contributed by atoms with Gasteiger partial charge in [-0.15, -0.1) is 5.75 Å². The number of aromatic nitrogens is 1. The van der Waals surface area contributed by atoms with E-state index in [1.54, 1.807) is 12.1 Å². The Morgan fingerprint density at radius 1 is 1.12 bits per heavy atom. The SMILES string of the molecule is O=c1ccc2nc3ccc([O-])cc3oc-2c1.[K+]. The van der Waals surface area contributed by atoms with Gasteiger partial charge < -0.3 is 9.52 Å². The molecule has 1 aliphatic heterocycles. The van der Waals surface area contributed by atoms with Crippen molar-refractivity contribution in [3.8, 4) is 17.2 Å². The van der Waals surface area contributed by atoms with Crippen LogP contribution < -0.4 is 61.9 Å². The molecule has 0 radical (unpaired) electrons. The van der Waals surface area contributed by atoms with Crippen molar-refractivity contribution in [2.45, 2.75) is 0 Å². The Morgan fingerprint density at radius 3 is 2.76 bits per heavy atom. The van der Waals surface area contributed by atoms with Gasteiger partial charge in [-0.05, 0) is 24.3 Å². The molecule has 2 aliphatic rings. The summed E-state index contributed by atoms with van der Waals surface area (Å²) < 4.78 is 5.45. The Bertz CT molecular complexity index is 708. The minimum atomic E-state index is -0.143. The normalized spacial score (nSPS) is 10.4. The van der Waals surface area contributed by atoms with Gasteiger partial charge in [0.2, 0.25) is 0 Å². The molecule has 0 unspecified atom stereocenters. The summed E-state index contributed by atoms with van der Waals surface area (Å²) in [4.78, 5) is 15.4. The van der Waals surface area contributed by atoms with E-state index in [1.165, 1.54) is 24.3 Å². The topological polar surface area (TPSA) is 66.2 Å². The number of fused-ring (bicyclic) bond motifs is 2. The smallest absolute Gasteiger partial charge is 0.872 e. The quantitative estimate of drug-likeness (QED) is 0.355. The van der Waals surface area contributed by atoms with Crippen LogP contribution in [0.4, 0.5) is 0 Å². The number of hydrogen-bond acceptors (Lipinski definition) is 4. The first-order valence-electron chi connectivity index (χ1n) is 4.74. The van der Waals surface area contributed by atoms with Gasteiger partial charge in [-0.2, -0.15) is 0 Å². The van der Waals surface area contributed by atoms with Gasteiger partial charge in [0.05, 0.1) is 0 Å². The minimum Gasteiger partial charge on any atom is -0.872 e. The second-order valence-electron chi connectivity index (χ2n) is 3.47. The Hall–Kier alpha value is -0.724. The largest absolute Gasteiger partial charge is 1.00 e. The average molecular weight is 251 g/mol. The molecule has 0 fully saturated rings. The third-order valence-electron chi connectivity index (χ3n) is 2.32. The maximum atomic E-state index is 11.1. The van der Waals surface area contributed by atoms with Crippen LogP contribution in [0.1, 0.15) is 0 Å². The van der Waals surface area contributed by atoms with Crippen molar-refractivity contribution in [1.29, 1.82) is 0 Å². The van der Waals surface area contributed by atoms with E-state index in [2.05, 4.69) is 4.98 Å². The monoisotopic (exact) mass is 251 g/mol. The molecular weight excluding hydrogens is 245 g/mol. The number of nitrogens with zero attached hydrogens (tertiary/aromatic N) is 1. The Morgan fingerprint density at radius 2 is 1.94 bits per heavy atom. The molecule has 0 aromatic heterocycles. The average Bonchev–Trinajstić information content (AvgIpc) is 2.26. The zero-order valence-corrected chi connectivity index (χ0v) is 12.3. The van der Waals surface area contributed by atoms with Crippen molar-refractivity contribution in [2.24, 2.45) is 0 Å². The van der Waals surface area contributed by atoms with Gasteiger partial charge in [0.1, 0.15) is 11.2 Å². The van der Waals surface area contributed by atoms with Crippen molar-refractivity contribution >= 4 is 11.1 Å². The molecule has 0 saturated carbocycles. The van der Waals surface area contributed by atoms with Crippen LogP contribution in [0.25, 0.3) is 22.6 Å². The van der Waals surface area contributed by atoms with Crippen molar-refractivity contribution in [3.05, 3.63) is 46.6 Å². The van der Waals surface area contributed by atoms with E-state index in [0.29, 0.717) is 22.6 Å². The van der Waals surface area contributed by atoms with Gasteiger partial charge in [-0.25, -0.2) is 4.98 Å². The number of rotatable bonds is 0. The van der Waals surface area contributed by atoms with E-state index in [0.717, 1.165) is 0 Å². The Labute approximate surface area is 139 Å². The number of hydrogen-bond donors (Lipinski definition) is 0. The summed E-state index contributed by atoms with van der Waals surface area (Å²) in [6, 6.07) is 8.78. The predicted molar refractivity (Wildman–Crippen MR) is 56.3 cm³/mol. The first kappa shape index (κ1) is 12.7. The predicted octanol–water partition coefficient (Wildman–Crippen LogP) is -1.63. The minimum absolute atomic E-state index is 0. The Balaban J connectivity index is 0.00000108.